The van der Waals surface area contributed by atoms with Crippen molar-refractivity contribution in [2.75, 3.05) is 9.80 Å². The van der Waals surface area contributed by atoms with Crippen molar-refractivity contribution in [2.45, 2.75) is 124 Å². The van der Waals surface area contributed by atoms with Gasteiger partial charge < -0.3 is 14.4 Å². The maximum absolute atomic E-state index is 2.60. The molecule has 3 heterocycles. The Morgan fingerprint density at radius 1 is 0.403 bits per heavy atom. The lowest BCUT2D eigenvalue weighted by Crippen LogP contribution is -2.64. The third kappa shape index (κ3) is 8.42. The van der Waals surface area contributed by atoms with Crippen LogP contribution in [0, 0.1) is 0 Å². The fourth-order valence-electron chi connectivity index (χ4n) is 12.6. The van der Waals surface area contributed by atoms with Crippen LogP contribution in [0.3, 0.4) is 0 Å². The first kappa shape index (κ1) is 50.3. The van der Waals surface area contributed by atoms with Crippen molar-refractivity contribution >= 4 is 79.0 Å². The van der Waals surface area contributed by atoms with Crippen LogP contribution in [0.2, 0.25) is 0 Å². The molecule has 2 aliphatic rings. The molecule has 0 saturated heterocycles. The lowest BCUT2D eigenvalue weighted by atomic mass is 9.30. The van der Waals surface area contributed by atoms with Crippen LogP contribution in [0.15, 0.2) is 194 Å². The van der Waals surface area contributed by atoms with Crippen LogP contribution in [-0.4, -0.2) is 11.3 Å². The fraction of sp³-hybridized carbons (Fsp3) is 0.260. The summed E-state index contributed by atoms with van der Waals surface area (Å²) in [7, 11) is 0. The smallest absolute Gasteiger partial charge is 0.247 e. The van der Waals surface area contributed by atoms with Gasteiger partial charge in [0.1, 0.15) is 0 Å². The Morgan fingerprint density at radius 3 is 1.61 bits per heavy atom. The molecule has 9 aromatic carbocycles. The van der Waals surface area contributed by atoms with Crippen LogP contribution >= 0.6 is 0 Å². The molecule has 12 rings (SSSR count). The van der Waals surface area contributed by atoms with Crippen molar-refractivity contribution in [3.8, 4) is 16.8 Å². The molecule has 0 spiro atoms. The predicted octanol–water partition coefficient (Wildman–Crippen LogP) is 18.0. The molecule has 0 unspecified atom stereocenters. The molecule has 0 aliphatic carbocycles. The molecule has 0 N–H and O–H groups in total. The summed E-state index contributed by atoms with van der Waals surface area (Å²) in [5.74, 6) is 0. The summed E-state index contributed by atoms with van der Waals surface area (Å²) in [6.45, 7) is 32.9. The molecule has 10 aromatic rings. The minimum absolute atomic E-state index is 0.0208. The normalized spacial score (nSPS) is 14.2. The van der Waals surface area contributed by atoms with E-state index in [4.69, 9.17) is 0 Å². The molecule has 2 aliphatic heterocycles. The first-order valence-electron chi connectivity index (χ1n) is 28.0. The zero-order valence-electron chi connectivity index (χ0n) is 47.9. The van der Waals surface area contributed by atoms with Gasteiger partial charge in [-0.3, -0.25) is 0 Å². The Labute approximate surface area is 459 Å². The Morgan fingerprint density at radius 2 is 0.974 bits per heavy atom. The van der Waals surface area contributed by atoms with Crippen LogP contribution in [0.25, 0.3) is 38.6 Å². The molecule has 0 fully saturated rings. The summed E-state index contributed by atoms with van der Waals surface area (Å²) in [6.07, 6.45) is 0. The molecule has 77 heavy (non-hydrogen) atoms. The van der Waals surface area contributed by atoms with E-state index in [0.29, 0.717) is 0 Å². The number of hydrogen-bond donors (Lipinski definition) is 0. The Balaban J connectivity index is 1.17. The van der Waals surface area contributed by atoms with E-state index in [9.17, 15) is 0 Å². The largest absolute Gasteiger partial charge is 0.311 e. The lowest BCUT2D eigenvalue weighted by molar-refractivity contribution is 0.583. The first-order chi connectivity index (χ1) is 36.5. The van der Waals surface area contributed by atoms with Crippen LogP contribution in [-0.2, 0) is 27.1 Å². The molecule has 384 valence electrons. The predicted molar refractivity (Wildman–Crippen MR) is 334 cm³/mol. The third-order valence-electron chi connectivity index (χ3n) is 17.0. The van der Waals surface area contributed by atoms with Gasteiger partial charge in [0.15, 0.2) is 0 Å². The summed E-state index contributed by atoms with van der Waals surface area (Å²) in [6, 6.07) is 74.4. The second kappa shape index (κ2) is 17.7. The van der Waals surface area contributed by atoms with E-state index in [1.165, 1.54) is 99.8 Å². The van der Waals surface area contributed by atoms with E-state index in [2.05, 4.69) is 305 Å². The van der Waals surface area contributed by atoms with Gasteiger partial charge in [0.2, 0.25) is 6.71 Å². The van der Waals surface area contributed by atoms with E-state index < -0.39 is 0 Å². The number of benzene rings is 9. The summed E-state index contributed by atoms with van der Waals surface area (Å²) >= 11 is 0. The van der Waals surface area contributed by atoms with Crippen molar-refractivity contribution in [3.63, 3.8) is 0 Å². The van der Waals surface area contributed by atoms with Crippen LogP contribution < -0.4 is 26.2 Å². The Bertz CT molecular complexity index is 3910. The van der Waals surface area contributed by atoms with E-state index in [1.54, 1.807) is 0 Å². The third-order valence-corrected chi connectivity index (χ3v) is 17.0. The van der Waals surface area contributed by atoms with Gasteiger partial charge in [0.25, 0.3) is 0 Å². The molecule has 0 bridgehead atoms. The summed E-state index contributed by atoms with van der Waals surface area (Å²) < 4.78 is 2.53. The maximum atomic E-state index is 2.60. The van der Waals surface area contributed by atoms with Gasteiger partial charge in [-0.1, -0.05) is 212 Å². The van der Waals surface area contributed by atoms with Crippen LogP contribution in [0.4, 0.5) is 34.1 Å². The van der Waals surface area contributed by atoms with Gasteiger partial charge in [-0.2, -0.15) is 0 Å². The standard InChI is InChI=1S/C73H74BN3/c1-69(2,3)48-30-34-54(35-31-48)76-64-39-33-50(71(7,8)9)41-57(64)58-45-62-66(46-65(58)76)77(53-28-22-17-23-29-53)67-43-51(72(10,11)12)42-60-68(67)74(62)61-37-36-55(44-59(61)73(60,13)14)75(52-26-20-16-21-27-52)63-38-32-49(70(4,5)6)40-56(63)47-24-18-15-19-25-47/h15-46H,1-14H3. The minimum Gasteiger partial charge on any atom is -0.311 e. The number of rotatable bonds is 6. The van der Waals surface area contributed by atoms with Crippen LogP contribution in [0.1, 0.15) is 130 Å². The number of anilines is 6. The number of hydrogen-bond acceptors (Lipinski definition) is 2. The maximum Gasteiger partial charge on any atom is 0.247 e. The fourth-order valence-corrected chi connectivity index (χ4v) is 12.6. The highest BCUT2D eigenvalue weighted by atomic mass is 15.2. The number of aromatic nitrogens is 1. The molecule has 3 nitrogen and oxygen atoms in total. The lowest BCUT2D eigenvalue weighted by Gasteiger charge is -2.46. The molecular formula is C73H74BN3. The summed E-state index contributed by atoms with van der Waals surface area (Å²) in [5.41, 5.74) is 24.8. The summed E-state index contributed by atoms with van der Waals surface area (Å²) in [5, 5.41) is 2.56. The first-order valence-corrected chi connectivity index (χ1v) is 28.0. The second-order valence-electron chi connectivity index (χ2n) is 26.8. The minimum atomic E-state index is -0.366. The molecule has 0 radical (unpaired) electrons. The highest BCUT2D eigenvalue weighted by Gasteiger charge is 2.47. The van der Waals surface area contributed by atoms with E-state index in [0.717, 1.165) is 22.7 Å². The highest BCUT2D eigenvalue weighted by molar-refractivity contribution is 6.99. The number of nitrogens with zero attached hydrogens (tertiary/aromatic N) is 3. The van der Waals surface area contributed by atoms with Gasteiger partial charge in [0, 0.05) is 55.9 Å². The quantitative estimate of drug-likeness (QED) is 0.154. The van der Waals surface area contributed by atoms with E-state index in [1.807, 2.05) is 0 Å². The van der Waals surface area contributed by atoms with Gasteiger partial charge >= 0.3 is 0 Å². The van der Waals surface area contributed by atoms with Crippen molar-refractivity contribution < 1.29 is 0 Å². The molecular weight excluding hydrogens is 930 g/mol. The van der Waals surface area contributed by atoms with Gasteiger partial charge in [-0.05, 0) is 156 Å². The van der Waals surface area contributed by atoms with Gasteiger partial charge in [0.05, 0.1) is 16.7 Å². The van der Waals surface area contributed by atoms with Crippen molar-refractivity contribution in [2.24, 2.45) is 0 Å². The van der Waals surface area contributed by atoms with Crippen molar-refractivity contribution in [1.82, 2.24) is 4.57 Å². The Hall–Kier alpha value is -7.56. The van der Waals surface area contributed by atoms with Gasteiger partial charge in [-0.25, -0.2) is 0 Å². The van der Waals surface area contributed by atoms with E-state index >= 15 is 0 Å². The zero-order chi connectivity index (χ0) is 54.1. The van der Waals surface area contributed by atoms with Crippen molar-refractivity contribution in [1.29, 1.82) is 0 Å². The SMILES string of the molecule is CC(C)(C)c1ccc(-n2c3ccc(C(C)(C)C)cc3c3cc4c(cc32)N(c2ccccc2)c2cc(C(C)(C)C)cc3c2B4c2ccc(N(c4ccccc4)c4ccc(C(C)(C)C)cc4-c4ccccc4)cc2C3(C)C)cc1. The zero-order valence-corrected chi connectivity index (χ0v) is 47.9. The second-order valence-corrected chi connectivity index (χ2v) is 26.8. The average molecular weight is 1000 g/mol. The Kier molecular flexibility index (Phi) is 11.6. The average Bonchev–Trinajstić information content (AvgIpc) is 3.97. The number of fused-ring (bicyclic) bond motifs is 7. The van der Waals surface area contributed by atoms with E-state index in [-0.39, 0.29) is 33.8 Å². The number of para-hydroxylation sites is 2. The van der Waals surface area contributed by atoms with Gasteiger partial charge in [-0.15, -0.1) is 0 Å². The molecule has 0 amide bonds. The molecule has 1 aromatic heterocycles. The monoisotopic (exact) mass is 1000 g/mol. The molecule has 4 heteroatoms. The highest BCUT2D eigenvalue weighted by Crippen LogP contribution is 2.49. The topological polar surface area (TPSA) is 11.4 Å². The molecule has 0 saturated carbocycles. The summed E-state index contributed by atoms with van der Waals surface area (Å²) in [4.78, 5) is 5.10. The molecule has 0 atom stereocenters. The van der Waals surface area contributed by atoms with Crippen LogP contribution in [0.5, 0.6) is 0 Å². The van der Waals surface area contributed by atoms with Crippen molar-refractivity contribution in [3.05, 3.63) is 228 Å².